The minimum atomic E-state index is -0.415. The van der Waals surface area contributed by atoms with E-state index in [4.69, 9.17) is 4.74 Å². The van der Waals surface area contributed by atoms with E-state index in [1.165, 1.54) is 10.8 Å². The number of aromatic nitrogens is 2. The third kappa shape index (κ3) is 4.95. The Balaban J connectivity index is 1.85. The molecule has 0 saturated carbocycles. The summed E-state index contributed by atoms with van der Waals surface area (Å²) in [6.45, 7) is 10.4. The Morgan fingerprint density at radius 1 is 1.17 bits per heavy atom. The zero-order valence-corrected chi connectivity index (χ0v) is 17.7. The molecule has 2 aromatic carbocycles. The number of fused-ring (bicyclic) bond motifs is 1. The molecule has 6 nitrogen and oxygen atoms in total. The fourth-order valence-electron chi connectivity index (χ4n) is 3.23. The molecule has 0 fully saturated rings. The van der Waals surface area contributed by atoms with E-state index in [1.807, 2.05) is 63.2 Å². The second-order valence-corrected chi connectivity index (χ2v) is 8.07. The third-order valence-electron chi connectivity index (χ3n) is 4.79. The standard InChI is InChI=1S/C24H27N3O3/c1-5-14-30-19-12-10-18(11-13-19)16-27(24(2,3)4)23(29)17-26-21-9-7-6-8-20(21)25-15-22(26)28/h5-13,15H,1,14,16-17H2,2-4H3. The third-order valence-corrected chi connectivity index (χ3v) is 4.79. The lowest BCUT2D eigenvalue weighted by Gasteiger charge is -2.36. The molecule has 3 rings (SSSR count). The van der Waals surface area contributed by atoms with Crippen LogP contribution in [0.5, 0.6) is 5.75 Å². The van der Waals surface area contributed by atoms with Gasteiger partial charge in [-0.1, -0.05) is 36.9 Å². The molecule has 0 aliphatic heterocycles. The van der Waals surface area contributed by atoms with Gasteiger partial charge < -0.3 is 9.64 Å². The molecular weight excluding hydrogens is 378 g/mol. The van der Waals surface area contributed by atoms with Gasteiger partial charge in [-0.2, -0.15) is 0 Å². The summed E-state index contributed by atoms with van der Waals surface area (Å²) in [6.07, 6.45) is 2.96. The van der Waals surface area contributed by atoms with Crippen LogP contribution in [0.15, 0.2) is 72.2 Å². The highest BCUT2D eigenvalue weighted by atomic mass is 16.5. The molecule has 0 atom stereocenters. The maximum Gasteiger partial charge on any atom is 0.269 e. The van der Waals surface area contributed by atoms with Crippen LogP contribution in [0.3, 0.4) is 0 Å². The molecule has 0 radical (unpaired) electrons. The molecule has 0 aliphatic rings. The van der Waals surface area contributed by atoms with Gasteiger partial charge in [-0.05, 0) is 50.6 Å². The molecule has 1 aromatic heterocycles. The highest BCUT2D eigenvalue weighted by Gasteiger charge is 2.27. The minimum Gasteiger partial charge on any atom is -0.490 e. The molecule has 6 heteroatoms. The number of nitrogens with zero attached hydrogens (tertiary/aromatic N) is 3. The first-order valence-electron chi connectivity index (χ1n) is 9.87. The molecule has 30 heavy (non-hydrogen) atoms. The van der Waals surface area contributed by atoms with Crippen molar-refractivity contribution in [1.29, 1.82) is 0 Å². The van der Waals surface area contributed by atoms with Crippen LogP contribution in [0.25, 0.3) is 11.0 Å². The predicted molar refractivity (Wildman–Crippen MR) is 118 cm³/mol. The van der Waals surface area contributed by atoms with Gasteiger partial charge in [-0.3, -0.25) is 14.2 Å². The number of carbonyl (C=O) groups is 1. The number of benzene rings is 2. The summed E-state index contributed by atoms with van der Waals surface area (Å²) < 4.78 is 7.00. The fourth-order valence-corrected chi connectivity index (χ4v) is 3.23. The quantitative estimate of drug-likeness (QED) is 0.561. The number of hydrogen-bond acceptors (Lipinski definition) is 4. The summed E-state index contributed by atoms with van der Waals surface area (Å²) in [4.78, 5) is 31.7. The smallest absolute Gasteiger partial charge is 0.269 e. The van der Waals surface area contributed by atoms with Crippen molar-refractivity contribution in [1.82, 2.24) is 14.5 Å². The number of amides is 1. The largest absolute Gasteiger partial charge is 0.490 e. The van der Waals surface area contributed by atoms with E-state index in [0.29, 0.717) is 24.2 Å². The van der Waals surface area contributed by atoms with E-state index < -0.39 is 5.54 Å². The van der Waals surface area contributed by atoms with Gasteiger partial charge in [0.15, 0.2) is 0 Å². The molecule has 0 aliphatic carbocycles. The SMILES string of the molecule is C=CCOc1ccc(CN(C(=O)Cn2c(=O)cnc3ccccc32)C(C)(C)C)cc1. The molecule has 3 aromatic rings. The average molecular weight is 405 g/mol. The zero-order chi connectivity index (χ0) is 21.7. The summed E-state index contributed by atoms with van der Waals surface area (Å²) in [5.41, 5.74) is 1.61. The summed E-state index contributed by atoms with van der Waals surface area (Å²) in [5, 5.41) is 0. The van der Waals surface area contributed by atoms with Gasteiger partial charge in [0.2, 0.25) is 5.91 Å². The summed E-state index contributed by atoms with van der Waals surface area (Å²) in [7, 11) is 0. The van der Waals surface area contributed by atoms with Gasteiger partial charge in [0, 0.05) is 12.1 Å². The predicted octanol–water partition coefficient (Wildman–Crippen LogP) is 3.79. The van der Waals surface area contributed by atoms with Crippen molar-refractivity contribution in [3.05, 3.63) is 83.3 Å². The van der Waals surface area contributed by atoms with Crippen LogP contribution < -0.4 is 10.3 Å². The lowest BCUT2D eigenvalue weighted by atomic mass is 10.0. The summed E-state index contributed by atoms with van der Waals surface area (Å²) in [6, 6.07) is 15.0. The Morgan fingerprint density at radius 3 is 2.53 bits per heavy atom. The summed E-state index contributed by atoms with van der Waals surface area (Å²) >= 11 is 0. The Hall–Kier alpha value is -3.41. The lowest BCUT2D eigenvalue weighted by molar-refractivity contribution is -0.137. The van der Waals surface area contributed by atoms with Crippen molar-refractivity contribution in [2.75, 3.05) is 6.61 Å². The van der Waals surface area contributed by atoms with Gasteiger partial charge >= 0.3 is 0 Å². The number of carbonyl (C=O) groups excluding carboxylic acids is 1. The molecule has 0 spiro atoms. The first-order valence-corrected chi connectivity index (χ1v) is 9.87. The van der Waals surface area contributed by atoms with Gasteiger partial charge in [-0.15, -0.1) is 0 Å². The first-order chi connectivity index (χ1) is 14.3. The monoisotopic (exact) mass is 405 g/mol. The van der Waals surface area contributed by atoms with Crippen molar-refractivity contribution in [2.24, 2.45) is 0 Å². The molecular formula is C24H27N3O3. The van der Waals surface area contributed by atoms with E-state index in [9.17, 15) is 9.59 Å². The zero-order valence-electron chi connectivity index (χ0n) is 17.7. The Morgan fingerprint density at radius 2 is 1.87 bits per heavy atom. The van der Waals surface area contributed by atoms with Gasteiger partial charge in [0.25, 0.3) is 5.56 Å². The second kappa shape index (κ2) is 8.95. The van der Waals surface area contributed by atoms with Gasteiger partial charge in [0.05, 0.1) is 17.2 Å². The normalized spacial score (nSPS) is 11.3. The van der Waals surface area contributed by atoms with E-state index in [2.05, 4.69) is 11.6 Å². The van der Waals surface area contributed by atoms with Crippen molar-refractivity contribution in [3.8, 4) is 5.75 Å². The van der Waals surface area contributed by atoms with Crippen molar-refractivity contribution < 1.29 is 9.53 Å². The van der Waals surface area contributed by atoms with Crippen LogP contribution in [-0.2, 0) is 17.9 Å². The Kier molecular flexibility index (Phi) is 6.35. The molecule has 1 heterocycles. The summed E-state index contributed by atoms with van der Waals surface area (Å²) in [5.74, 6) is 0.620. The van der Waals surface area contributed by atoms with Crippen molar-refractivity contribution in [3.63, 3.8) is 0 Å². The van der Waals surface area contributed by atoms with Crippen LogP contribution in [0.1, 0.15) is 26.3 Å². The van der Waals surface area contributed by atoms with E-state index in [0.717, 1.165) is 11.3 Å². The molecule has 0 saturated heterocycles. The Labute approximate surface area is 176 Å². The van der Waals surface area contributed by atoms with Gasteiger partial charge in [0.1, 0.15) is 18.9 Å². The maximum absolute atomic E-state index is 13.3. The number of rotatable bonds is 7. The lowest BCUT2D eigenvalue weighted by Crippen LogP contribution is -2.47. The van der Waals surface area contributed by atoms with Crippen LogP contribution in [0.2, 0.25) is 0 Å². The van der Waals surface area contributed by atoms with E-state index in [1.54, 1.807) is 17.0 Å². The number of ether oxygens (including phenoxy) is 1. The molecule has 156 valence electrons. The fraction of sp³-hybridized carbons (Fsp3) is 0.292. The molecule has 0 bridgehead atoms. The number of para-hydroxylation sites is 2. The van der Waals surface area contributed by atoms with E-state index >= 15 is 0 Å². The van der Waals surface area contributed by atoms with Crippen molar-refractivity contribution in [2.45, 2.75) is 39.4 Å². The topological polar surface area (TPSA) is 64.4 Å². The van der Waals surface area contributed by atoms with Crippen LogP contribution >= 0.6 is 0 Å². The minimum absolute atomic E-state index is 0.0420. The maximum atomic E-state index is 13.3. The van der Waals surface area contributed by atoms with Crippen LogP contribution in [-0.4, -0.2) is 32.5 Å². The average Bonchev–Trinajstić information content (AvgIpc) is 2.72. The highest BCUT2D eigenvalue weighted by molar-refractivity contribution is 5.80. The molecule has 0 N–H and O–H groups in total. The van der Waals surface area contributed by atoms with Crippen molar-refractivity contribution >= 4 is 16.9 Å². The highest BCUT2D eigenvalue weighted by Crippen LogP contribution is 2.21. The molecule has 0 unspecified atom stereocenters. The second-order valence-electron chi connectivity index (χ2n) is 8.07. The van der Waals surface area contributed by atoms with Crippen LogP contribution in [0.4, 0.5) is 0 Å². The molecule has 1 amide bonds. The van der Waals surface area contributed by atoms with Gasteiger partial charge in [-0.25, -0.2) is 4.98 Å². The first kappa shape index (κ1) is 21.3. The Bertz CT molecular complexity index is 1100. The number of hydrogen-bond donors (Lipinski definition) is 0. The van der Waals surface area contributed by atoms with Crippen LogP contribution in [0, 0.1) is 0 Å². The van der Waals surface area contributed by atoms with E-state index in [-0.39, 0.29) is 18.0 Å².